The molecule has 0 aliphatic heterocycles. The fraction of sp³-hybridized carbons (Fsp3) is 0.444. The molecule has 0 bridgehead atoms. The van der Waals surface area contributed by atoms with Crippen molar-refractivity contribution in [2.75, 3.05) is 6.54 Å². The molecule has 0 aliphatic carbocycles. The van der Waals surface area contributed by atoms with Crippen molar-refractivity contribution in [1.82, 2.24) is 10.7 Å². The molecule has 0 unspecified atom stereocenters. The molecule has 0 saturated heterocycles. The summed E-state index contributed by atoms with van der Waals surface area (Å²) >= 11 is 1.72. The first-order valence-corrected chi connectivity index (χ1v) is 5.43. The Morgan fingerprint density at radius 2 is 2.43 bits per heavy atom. The standard InChI is InChI=1S/C9H16N4S/c1-3-11-9(13-10)12-6-8-7(2)4-5-14-8/h4-5H,3,6,10H2,1-2H3,(H2,11,12,13). The van der Waals surface area contributed by atoms with Crippen molar-refractivity contribution in [2.45, 2.75) is 20.4 Å². The number of nitrogens with two attached hydrogens (primary N) is 1. The van der Waals surface area contributed by atoms with E-state index in [4.69, 9.17) is 5.84 Å². The number of thiophene rings is 1. The molecule has 0 atom stereocenters. The van der Waals surface area contributed by atoms with Gasteiger partial charge >= 0.3 is 0 Å². The maximum Gasteiger partial charge on any atom is 0.206 e. The van der Waals surface area contributed by atoms with Crippen molar-refractivity contribution >= 4 is 17.3 Å². The lowest BCUT2D eigenvalue weighted by atomic mass is 10.3. The molecule has 0 aromatic carbocycles. The van der Waals surface area contributed by atoms with Gasteiger partial charge in [0.15, 0.2) is 0 Å². The molecule has 5 heteroatoms. The van der Waals surface area contributed by atoms with Gasteiger partial charge in [0.1, 0.15) is 0 Å². The van der Waals surface area contributed by atoms with Crippen LogP contribution in [0.5, 0.6) is 0 Å². The monoisotopic (exact) mass is 212 g/mol. The van der Waals surface area contributed by atoms with Gasteiger partial charge in [-0.05, 0) is 30.9 Å². The number of nitrogens with one attached hydrogen (secondary N) is 2. The van der Waals surface area contributed by atoms with Crippen molar-refractivity contribution in [3.63, 3.8) is 0 Å². The Balaban J connectivity index is 2.56. The minimum absolute atomic E-state index is 0.639. The summed E-state index contributed by atoms with van der Waals surface area (Å²) in [5, 5.41) is 5.11. The molecule has 0 spiro atoms. The van der Waals surface area contributed by atoms with Crippen LogP contribution in [0, 0.1) is 6.92 Å². The van der Waals surface area contributed by atoms with Gasteiger partial charge < -0.3 is 5.32 Å². The third-order valence-corrected chi connectivity index (χ3v) is 2.84. The number of nitrogens with zero attached hydrogens (tertiary/aromatic N) is 1. The van der Waals surface area contributed by atoms with E-state index in [1.54, 1.807) is 11.3 Å². The van der Waals surface area contributed by atoms with Crippen LogP contribution in [0.25, 0.3) is 0 Å². The Morgan fingerprint density at radius 1 is 1.64 bits per heavy atom. The maximum atomic E-state index is 5.30. The molecule has 1 aromatic heterocycles. The summed E-state index contributed by atoms with van der Waals surface area (Å²) in [4.78, 5) is 5.59. The van der Waals surface area contributed by atoms with Crippen molar-refractivity contribution in [1.29, 1.82) is 0 Å². The van der Waals surface area contributed by atoms with Crippen LogP contribution in [0.4, 0.5) is 0 Å². The molecule has 0 saturated carbocycles. The normalized spacial score (nSPS) is 11.5. The number of aliphatic imine (C=N–C) groups is 1. The summed E-state index contributed by atoms with van der Waals surface area (Å²) in [6.45, 7) is 5.58. The van der Waals surface area contributed by atoms with E-state index in [2.05, 4.69) is 34.1 Å². The Morgan fingerprint density at radius 3 is 2.93 bits per heavy atom. The number of guanidine groups is 1. The molecule has 1 heterocycles. The van der Waals surface area contributed by atoms with Crippen LogP contribution >= 0.6 is 11.3 Å². The molecule has 0 fully saturated rings. The van der Waals surface area contributed by atoms with Gasteiger partial charge in [0.2, 0.25) is 5.96 Å². The quantitative estimate of drug-likeness (QED) is 0.303. The Hall–Kier alpha value is -1.07. The smallest absolute Gasteiger partial charge is 0.206 e. The van der Waals surface area contributed by atoms with Gasteiger partial charge in [0, 0.05) is 11.4 Å². The minimum atomic E-state index is 0.639. The number of hydrazine groups is 1. The van der Waals surface area contributed by atoms with E-state index in [-0.39, 0.29) is 0 Å². The molecule has 1 aromatic rings. The Bertz CT molecular complexity index is 306. The van der Waals surface area contributed by atoms with Gasteiger partial charge in [-0.2, -0.15) is 0 Å². The Kier molecular flexibility index (Phi) is 4.42. The van der Waals surface area contributed by atoms with E-state index in [9.17, 15) is 0 Å². The van der Waals surface area contributed by atoms with E-state index in [1.807, 2.05) is 6.92 Å². The third-order valence-electron chi connectivity index (χ3n) is 1.83. The van der Waals surface area contributed by atoms with Crippen LogP contribution in [0.3, 0.4) is 0 Å². The van der Waals surface area contributed by atoms with Crippen LogP contribution < -0.4 is 16.6 Å². The van der Waals surface area contributed by atoms with Crippen LogP contribution in [0.2, 0.25) is 0 Å². The van der Waals surface area contributed by atoms with Gasteiger partial charge in [0.25, 0.3) is 0 Å². The van der Waals surface area contributed by atoms with Crippen molar-refractivity contribution in [3.8, 4) is 0 Å². The molecule has 4 N–H and O–H groups in total. The number of hydrogen-bond donors (Lipinski definition) is 3. The van der Waals surface area contributed by atoms with E-state index < -0.39 is 0 Å². The highest BCUT2D eigenvalue weighted by Crippen LogP contribution is 2.16. The van der Waals surface area contributed by atoms with E-state index in [1.165, 1.54) is 10.4 Å². The topological polar surface area (TPSA) is 62.4 Å². The predicted molar refractivity (Wildman–Crippen MR) is 61.2 cm³/mol. The first kappa shape index (κ1) is 11.0. The van der Waals surface area contributed by atoms with Crippen molar-refractivity contribution in [2.24, 2.45) is 10.8 Å². The summed E-state index contributed by atoms with van der Waals surface area (Å²) in [7, 11) is 0. The summed E-state index contributed by atoms with van der Waals surface area (Å²) in [6, 6.07) is 2.10. The summed E-state index contributed by atoms with van der Waals surface area (Å²) in [5.74, 6) is 5.94. The second-order valence-electron chi connectivity index (χ2n) is 2.87. The fourth-order valence-electron chi connectivity index (χ4n) is 1.04. The molecule has 0 amide bonds. The van der Waals surface area contributed by atoms with Crippen LogP contribution in [-0.2, 0) is 6.54 Å². The highest BCUT2D eigenvalue weighted by Gasteiger charge is 1.99. The lowest BCUT2D eigenvalue weighted by molar-refractivity contribution is 0.854. The zero-order chi connectivity index (χ0) is 10.4. The van der Waals surface area contributed by atoms with E-state index >= 15 is 0 Å². The van der Waals surface area contributed by atoms with E-state index in [0.29, 0.717) is 12.5 Å². The number of aryl methyl sites for hydroxylation is 1. The summed E-state index contributed by atoms with van der Waals surface area (Å²) in [6.07, 6.45) is 0. The summed E-state index contributed by atoms with van der Waals surface area (Å²) < 4.78 is 0. The lowest BCUT2D eigenvalue weighted by Crippen LogP contribution is -2.41. The molecule has 0 radical (unpaired) electrons. The van der Waals surface area contributed by atoms with Gasteiger partial charge in [0.05, 0.1) is 6.54 Å². The van der Waals surface area contributed by atoms with Crippen LogP contribution in [-0.4, -0.2) is 12.5 Å². The second kappa shape index (κ2) is 5.62. The van der Waals surface area contributed by atoms with Crippen molar-refractivity contribution in [3.05, 3.63) is 21.9 Å². The minimum Gasteiger partial charge on any atom is -0.356 e. The predicted octanol–water partition coefficient (Wildman–Crippen LogP) is 0.985. The highest BCUT2D eigenvalue weighted by atomic mass is 32.1. The average Bonchev–Trinajstić information content (AvgIpc) is 2.59. The summed E-state index contributed by atoms with van der Waals surface area (Å²) in [5.41, 5.74) is 3.81. The second-order valence-corrected chi connectivity index (χ2v) is 3.87. The number of hydrogen-bond acceptors (Lipinski definition) is 3. The van der Waals surface area contributed by atoms with Gasteiger partial charge in [-0.15, -0.1) is 11.3 Å². The highest BCUT2D eigenvalue weighted by molar-refractivity contribution is 7.10. The number of rotatable bonds is 3. The van der Waals surface area contributed by atoms with E-state index in [0.717, 1.165) is 6.54 Å². The van der Waals surface area contributed by atoms with Crippen LogP contribution in [0.15, 0.2) is 16.4 Å². The molecule has 1 rings (SSSR count). The first-order chi connectivity index (χ1) is 6.77. The first-order valence-electron chi connectivity index (χ1n) is 4.55. The zero-order valence-electron chi connectivity index (χ0n) is 8.50. The average molecular weight is 212 g/mol. The van der Waals surface area contributed by atoms with Crippen LogP contribution in [0.1, 0.15) is 17.4 Å². The van der Waals surface area contributed by atoms with Crippen molar-refractivity contribution < 1.29 is 0 Å². The zero-order valence-corrected chi connectivity index (χ0v) is 9.32. The molecule has 4 nitrogen and oxygen atoms in total. The third kappa shape index (κ3) is 3.01. The molecular formula is C9H16N4S. The molecule has 0 aliphatic rings. The Labute approximate surface area is 88.2 Å². The molecular weight excluding hydrogens is 196 g/mol. The molecule has 14 heavy (non-hydrogen) atoms. The largest absolute Gasteiger partial charge is 0.356 e. The molecule has 78 valence electrons. The lowest BCUT2D eigenvalue weighted by Gasteiger charge is -2.05. The fourth-order valence-corrected chi connectivity index (χ4v) is 1.87. The van der Waals surface area contributed by atoms with Gasteiger partial charge in [-0.1, -0.05) is 0 Å². The maximum absolute atomic E-state index is 5.30. The van der Waals surface area contributed by atoms with Gasteiger partial charge in [-0.3, -0.25) is 5.43 Å². The van der Waals surface area contributed by atoms with Gasteiger partial charge in [-0.25, -0.2) is 10.8 Å². The SMILES string of the molecule is CCNC(=NCc1sccc1C)NN.